The van der Waals surface area contributed by atoms with Crippen LogP contribution >= 0.6 is 0 Å². The maximum atomic E-state index is 13.6. The lowest BCUT2D eigenvalue weighted by molar-refractivity contribution is -0.127. The summed E-state index contributed by atoms with van der Waals surface area (Å²) in [4.78, 5) is 29.2. The van der Waals surface area contributed by atoms with Crippen LogP contribution in [0.1, 0.15) is 45.3 Å². The second kappa shape index (κ2) is 12.1. The fourth-order valence-corrected chi connectivity index (χ4v) is 5.81. The van der Waals surface area contributed by atoms with Gasteiger partial charge in [-0.05, 0) is 73.8 Å². The van der Waals surface area contributed by atoms with Crippen molar-refractivity contribution in [3.05, 3.63) is 101 Å². The molecule has 42 heavy (non-hydrogen) atoms. The molecule has 8 nitrogen and oxygen atoms in total. The van der Waals surface area contributed by atoms with E-state index in [1.165, 1.54) is 17.7 Å². The van der Waals surface area contributed by atoms with Gasteiger partial charge in [0.05, 0.1) is 24.3 Å². The standard InChI is InChI=1S/C31H31FN6O2.C2H6.H2/c32-23-8-4-21(5-9-23)26-15-27(26)33-12-1-3-24-16-38(25-10-6-22(7-11-25)28-34-13-2-14-35-28)30(39)29(36-24)37-17-31(18-37)19-40-20-31;1-2;/h2,4-11,13-14,16,26-27,33H,1,3,12,15,17-20H2;1-2H3;1H/t26-,27+;;/m0../s1. The number of halogens is 1. The number of aryl methyl sites for hydroxylation is 1. The van der Waals surface area contributed by atoms with Gasteiger partial charge in [-0.15, -0.1) is 0 Å². The third-order valence-electron chi connectivity index (χ3n) is 8.18. The minimum absolute atomic E-state index is 0. The van der Waals surface area contributed by atoms with Crippen molar-refractivity contribution in [1.82, 2.24) is 24.8 Å². The molecule has 9 heteroatoms. The quantitative estimate of drug-likeness (QED) is 0.283. The molecule has 4 aromatic rings. The summed E-state index contributed by atoms with van der Waals surface area (Å²) in [5.74, 6) is 1.41. The molecule has 4 heterocycles. The number of benzene rings is 2. The van der Waals surface area contributed by atoms with Crippen LogP contribution in [0.3, 0.4) is 0 Å². The number of hydrogen-bond donors (Lipinski definition) is 1. The van der Waals surface area contributed by atoms with Gasteiger partial charge in [0.25, 0.3) is 5.56 Å². The Morgan fingerprint density at radius 2 is 1.76 bits per heavy atom. The third kappa shape index (κ3) is 5.84. The summed E-state index contributed by atoms with van der Waals surface area (Å²) in [5, 5.41) is 3.63. The van der Waals surface area contributed by atoms with Crippen molar-refractivity contribution in [2.45, 2.75) is 45.1 Å². The number of anilines is 1. The smallest absolute Gasteiger partial charge is 0.298 e. The van der Waals surface area contributed by atoms with E-state index in [9.17, 15) is 9.18 Å². The maximum absolute atomic E-state index is 13.6. The van der Waals surface area contributed by atoms with Crippen LogP contribution in [0.15, 0.2) is 78.0 Å². The number of nitrogens with one attached hydrogen (secondary N) is 1. The van der Waals surface area contributed by atoms with Crippen LogP contribution in [0.25, 0.3) is 17.1 Å². The van der Waals surface area contributed by atoms with Crippen LogP contribution in [-0.4, -0.2) is 58.4 Å². The van der Waals surface area contributed by atoms with E-state index < -0.39 is 0 Å². The second-order valence-corrected chi connectivity index (χ2v) is 11.3. The first-order chi connectivity index (χ1) is 20.6. The van der Waals surface area contributed by atoms with Crippen molar-refractivity contribution >= 4 is 5.82 Å². The molecule has 2 aliphatic heterocycles. The highest BCUT2D eigenvalue weighted by Crippen LogP contribution is 2.41. The maximum Gasteiger partial charge on any atom is 0.298 e. The largest absolute Gasteiger partial charge is 0.380 e. The van der Waals surface area contributed by atoms with Gasteiger partial charge < -0.3 is 15.0 Å². The summed E-state index contributed by atoms with van der Waals surface area (Å²) in [6.07, 6.45) is 8.04. The monoisotopic (exact) mass is 570 g/mol. The summed E-state index contributed by atoms with van der Waals surface area (Å²) in [6.45, 7) is 7.97. The Bertz CT molecular complexity index is 1550. The van der Waals surface area contributed by atoms with Crippen molar-refractivity contribution in [3.63, 3.8) is 0 Å². The average molecular weight is 571 g/mol. The number of hydrogen-bond acceptors (Lipinski definition) is 7. The van der Waals surface area contributed by atoms with E-state index in [-0.39, 0.29) is 18.2 Å². The molecule has 0 radical (unpaired) electrons. The van der Waals surface area contributed by atoms with E-state index in [1.807, 2.05) is 56.4 Å². The van der Waals surface area contributed by atoms with Crippen molar-refractivity contribution in [1.29, 1.82) is 0 Å². The Morgan fingerprint density at radius 3 is 2.43 bits per heavy atom. The van der Waals surface area contributed by atoms with Gasteiger partial charge in [0.2, 0.25) is 0 Å². The highest BCUT2D eigenvalue weighted by Gasteiger charge is 2.50. The molecule has 1 saturated carbocycles. The Balaban J connectivity index is 0.00000120. The van der Waals surface area contributed by atoms with E-state index in [0.717, 1.165) is 69.1 Å². The zero-order valence-electron chi connectivity index (χ0n) is 24.2. The normalized spacial score (nSPS) is 19.8. The van der Waals surface area contributed by atoms with Crippen molar-refractivity contribution in [2.24, 2.45) is 5.41 Å². The van der Waals surface area contributed by atoms with Crippen LogP contribution in [0.4, 0.5) is 10.2 Å². The Kier molecular flexibility index (Phi) is 8.13. The first kappa shape index (κ1) is 28.2. The molecule has 3 aliphatic rings. The zero-order valence-corrected chi connectivity index (χ0v) is 24.2. The Labute approximate surface area is 247 Å². The lowest BCUT2D eigenvalue weighted by Gasteiger charge is -2.55. The van der Waals surface area contributed by atoms with Gasteiger partial charge in [0, 0.05) is 56.3 Å². The predicted octanol–water partition coefficient (Wildman–Crippen LogP) is 5.02. The highest BCUT2D eigenvalue weighted by atomic mass is 19.1. The average Bonchev–Trinajstić information content (AvgIpc) is 3.77. The van der Waals surface area contributed by atoms with E-state index in [1.54, 1.807) is 23.0 Å². The van der Waals surface area contributed by atoms with Crippen LogP contribution in [0, 0.1) is 11.2 Å². The van der Waals surface area contributed by atoms with Gasteiger partial charge in [-0.25, -0.2) is 19.3 Å². The molecular formula is C33H39FN6O2. The topological polar surface area (TPSA) is 85.2 Å². The fourth-order valence-electron chi connectivity index (χ4n) is 5.81. The molecule has 2 aromatic carbocycles. The molecule has 0 bridgehead atoms. The number of aromatic nitrogens is 4. The van der Waals surface area contributed by atoms with Crippen LogP contribution in [0.5, 0.6) is 0 Å². The highest BCUT2D eigenvalue weighted by molar-refractivity contribution is 5.57. The first-order valence-electron chi connectivity index (χ1n) is 14.9. The minimum Gasteiger partial charge on any atom is -0.380 e. The van der Waals surface area contributed by atoms with Crippen LogP contribution in [0.2, 0.25) is 0 Å². The summed E-state index contributed by atoms with van der Waals surface area (Å²) < 4.78 is 20.4. The van der Waals surface area contributed by atoms with Gasteiger partial charge in [-0.2, -0.15) is 0 Å². The fraction of sp³-hybridized carbons (Fsp3) is 0.394. The van der Waals surface area contributed by atoms with Crippen molar-refractivity contribution < 1.29 is 10.6 Å². The molecule has 1 aliphatic carbocycles. The van der Waals surface area contributed by atoms with Crippen LogP contribution < -0.4 is 15.8 Å². The molecule has 3 fully saturated rings. The SMILES string of the molecule is CC.O=c1c(N2CC3(COC3)C2)nc(CCCN[C@@H]2C[C@H]2c2ccc(F)cc2)cn1-c1ccc(-c2ncccn2)cc1.[HH]. The molecule has 0 amide bonds. The molecule has 2 saturated heterocycles. The molecule has 1 spiro atoms. The number of ether oxygens (including phenoxy) is 1. The van der Waals surface area contributed by atoms with E-state index in [2.05, 4.69) is 20.2 Å². The Morgan fingerprint density at radius 1 is 1.05 bits per heavy atom. The first-order valence-corrected chi connectivity index (χ1v) is 14.9. The minimum atomic E-state index is -0.197. The summed E-state index contributed by atoms with van der Waals surface area (Å²) >= 11 is 0. The molecule has 0 unspecified atom stereocenters. The van der Waals surface area contributed by atoms with Gasteiger partial charge >= 0.3 is 0 Å². The number of nitrogens with zero attached hydrogens (tertiary/aromatic N) is 5. The van der Waals surface area contributed by atoms with Gasteiger partial charge in [-0.3, -0.25) is 9.36 Å². The second-order valence-electron chi connectivity index (χ2n) is 11.3. The van der Waals surface area contributed by atoms with Crippen LogP contribution in [-0.2, 0) is 11.2 Å². The van der Waals surface area contributed by atoms with Gasteiger partial charge in [0.1, 0.15) is 5.82 Å². The predicted molar refractivity (Wildman–Crippen MR) is 164 cm³/mol. The summed E-state index contributed by atoms with van der Waals surface area (Å²) in [6, 6.07) is 16.8. The van der Waals surface area contributed by atoms with Crippen molar-refractivity contribution in [2.75, 3.05) is 37.7 Å². The van der Waals surface area contributed by atoms with E-state index in [0.29, 0.717) is 23.6 Å². The lowest BCUT2D eigenvalue weighted by atomic mass is 9.78. The molecule has 2 aromatic heterocycles. The molecule has 220 valence electrons. The summed E-state index contributed by atoms with van der Waals surface area (Å²) in [5.41, 5.74) is 3.83. The molecule has 2 atom stereocenters. The molecule has 1 N–H and O–H groups in total. The molecule has 7 rings (SSSR count). The molecular weight excluding hydrogens is 531 g/mol. The van der Waals surface area contributed by atoms with Gasteiger partial charge in [-0.1, -0.05) is 26.0 Å². The van der Waals surface area contributed by atoms with E-state index >= 15 is 0 Å². The van der Waals surface area contributed by atoms with Crippen molar-refractivity contribution in [3.8, 4) is 17.1 Å². The lowest BCUT2D eigenvalue weighted by Crippen LogP contribution is -2.67. The number of rotatable bonds is 9. The van der Waals surface area contributed by atoms with E-state index in [4.69, 9.17) is 9.72 Å². The van der Waals surface area contributed by atoms with Gasteiger partial charge in [0.15, 0.2) is 11.6 Å². The Hall–Kier alpha value is -3.95. The zero-order chi connectivity index (χ0) is 29.1. The summed E-state index contributed by atoms with van der Waals surface area (Å²) in [7, 11) is 0. The third-order valence-corrected chi connectivity index (χ3v) is 8.18.